The molecule has 0 aliphatic rings. The number of ether oxygens (including phenoxy) is 2. The molecule has 2 N–H and O–H groups in total. The van der Waals surface area contributed by atoms with Crippen LogP contribution in [0.5, 0.6) is 11.5 Å². The van der Waals surface area contributed by atoms with E-state index in [9.17, 15) is 14.9 Å². The lowest BCUT2D eigenvalue weighted by atomic mass is 10.1. The van der Waals surface area contributed by atoms with Crippen LogP contribution in [0.2, 0.25) is 0 Å². The Morgan fingerprint density at radius 2 is 1.65 bits per heavy atom. The summed E-state index contributed by atoms with van der Waals surface area (Å²) in [4.78, 5) is 24.8. The van der Waals surface area contributed by atoms with E-state index in [1.807, 2.05) is 38.1 Å². The van der Waals surface area contributed by atoms with Crippen molar-refractivity contribution in [2.75, 3.05) is 24.4 Å². The highest BCUT2D eigenvalue weighted by atomic mass is 16.5. The summed E-state index contributed by atoms with van der Waals surface area (Å²) in [6.45, 7) is 3.68. The van der Waals surface area contributed by atoms with Crippen molar-refractivity contribution >= 4 is 29.3 Å². The number of para-hydroxylation sites is 2. The normalized spacial score (nSPS) is 10.7. The predicted molar refractivity (Wildman–Crippen MR) is 132 cm³/mol. The summed E-state index contributed by atoms with van der Waals surface area (Å²) in [7, 11) is 1.53. The van der Waals surface area contributed by atoms with Gasteiger partial charge in [0.2, 0.25) is 0 Å². The second-order valence-electron chi connectivity index (χ2n) is 7.48. The van der Waals surface area contributed by atoms with Gasteiger partial charge < -0.3 is 20.1 Å². The summed E-state index contributed by atoms with van der Waals surface area (Å²) in [6, 6.07) is 21.4. The zero-order chi connectivity index (χ0) is 24.5. The van der Waals surface area contributed by atoms with Gasteiger partial charge in [-0.2, -0.15) is 5.26 Å². The predicted octanol–water partition coefficient (Wildman–Crippen LogP) is 4.88. The number of nitrogens with zero attached hydrogens (tertiary/aromatic N) is 1. The number of hydrogen-bond donors (Lipinski definition) is 2. The van der Waals surface area contributed by atoms with Gasteiger partial charge in [0.1, 0.15) is 23.1 Å². The molecular weight excluding hydrogens is 430 g/mol. The average molecular weight is 456 g/mol. The highest BCUT2D eigenvalue weighted by Gasteiger charge is 2.12. The van der Waals surface area contributed by atoms with Gasteiger partial charge in [0.05, 0.1) is 12.8 Å². The number of aryl methyl sites for hydroxylation is 1. The molecule has 7 heteroatoms. The molecule has 172 valence electrons. The van der Waals surface area contributed by atoms with Crippen molar-refractivity contribution in [3.63, 3.8) is 0 Å². The molecule has 3 rings (SSSR count). The van der Waals surface area contributed by atoms with Crippen LogP contribution >= 0.6 is 0 Å². The van der Waals surface area contributed by atoms with E-state index in [1.54, 1.807) is 48.5 Å². The SMILES string of the molecule is COc1ccccc1NC(=O)COc1ccc(C=C(C#N)C(=O)Nc2cccc(C)c2C)cc1. The molecule has 7 nitrogen and oxygen atoms in total. The van der Waals surface area contributed by atoms with Crippen LogP contribution in [0.15, 0.2) is 72.3 Å². The molecule has 0 radical (unpaired) electrons. The molecule has 2 amide bonds. The third-order valence-corrected chi connectivity index (χ3v) is 5.16. The van der Waals surface area contributed by atoms with Gasteiger partial charge in [0, 0.05) is 5.69 Å². The van der Waals surface area contributed by atoms with Crippen molar-refractivity contribution in [2.45, 2.75) is 13.8 Å². The molecule has 0 aromatic heterocycles. The number of rotatable bonds is 8. The van der Waals surface area contributed by atoms with E-state index in [-0.39, 0.29) is 18.1 Å². The number of benzene rings is 3. The second-order valence-corrected chi connectivity index (χ2v) is 7.48. The molecular formula is C27H25N3O4. The molecule has 3 aromatic carbocycles. The lowest BCUT2D eigenvalue weighted by Crippen LogP contribution is -2.20. The number of anilines is 2. The maximum Gasteiger partial charge on any atom is 0.266 e. The first-order chi connectivity index (χ1) is 16.4. The van der Waals surface area contributed by atoms with Crippen molar-refractivity contribution in [1.29, 1.82) is 5.26 Å². The van der Waals surface area contributed by atoms with Crippen LogP contribution in [0.25, 0.3) is 6.08 Å². The minimum atomic E-state index is -0.482. The van der Waals surface area contributed by atoms with Crippen LogP contribution in [-0.4, -0.2) is 25.5 Å². The molecule has 0 saturated carbocycles. The first-order valence-electron chi connectivity index (χ1n) is 10.6. The lowest BCUT2D eigenvalue weighted by Gasteiger charge is -2.11. The average Bonchev–Trinajstić information content (AvgIpc) is 2.85. The number of carbonyl (C=O) groups excluding carboxylic acids is 2. The standard InChI is InChI=1S/C27H25N3O4/c1-18-7-6-9-23(19(18)2)30-27(32)21(16-28)15-20-11-13-22(14-12-20)34-17-26(31)29-24-8-4-5-10-25(24)33-3/h4-15H,17H2,1-3H3,(H,29,31)(H,30,32). The molecule has 0 atom stereocenters. The molecule has 0 aliphatic heterocycles. The van der Waals surface area contributed by atoms with Crippen molar-refractivity contribution in [3.05, 3.63) is 89.0 Å². The van der Waals surface area contributed by atoms with Crippen LogP contribution in [0.3, 0.4) is 0 Å². The van der Waals surface area contributed by atoms with Gasteiger partial charge in [0.25, 0.3) is 11.8 Å². The second kappa shape index (κ2) is 11.3. The zero-order valence-electron chi connectivity index (χ0n) is 19.2. The zero-order valence-corrected chi connectivity index (χ0v) is 19.2. The Kier molecular flexibility index (Phi) is 8.03. The fraction of sp³-hybridized carbons (Fsp3) is 0.148. The van der Waals surface area contributed by atoms with Crippen LogP contribution < -0.4 is 20.1 Å². The Hall–Kier alpha value is -4.57. The number of hydrogen-bond acceptors (Lipinski definition) is 5. The van der Waals surface area contributed by atoms with E-state index in [0.29, 0.717) is 28.4 Å². The molecule has 3 aromatic rings. The number of nitriles is 1. The molecule has 0 heterocycles. The maximum atomic E-state index is 12.6. The summed E-state index contributed by atoms with van der Waals surface area (Å²) < 4.78 is 10.7. The highest BCUT2D eigenvalue weighted by molar-refractivity contribution is 6.10. The van der Waals surface area contributed by atoms with E-state index >= 15 is 0 Å². The Bertz CT molecular complexity index is 1260. The molecule has 0 unspecified atom stereocenters. The van der Waals surface area contributed by atoms with Gasteiger partial charge in [-0.25, -0.2) is 0 Å². The molecule has 34 heavy (non-hydrogen) atoms. The number of carbonyl (C=O) groups is 2. The Morgan fingerprint density at radius 3 is 2.35 bits per heavy atom. The van der Waals surface area contributed by atoms with Crippen LogP contribution in [-0.2, 0) is 9.59 Å². The largest absolute Gasteiger partial charge is 0.495 e. The van der Waals surface area contributed by atoms with Gasteiger partial charge in [-0.15, -0.1) is 0 Å². The number of methoxy groups -OCH3 is 1. The van der Waals surface area contributed by atoms with E-state index in [0.717, 1.165) is 11.1 Å². The monoisotopic (exact) mass is 455 g/mol. The summed E-state index contributed by atoms with van der Waals surface area (Å²) in [5, 5.41) is 15.0. The van der Waals surface area contributed by atoms with Crippen LogP contribution in [0, 0.1) is 25.2 Å². The van der Waals surface area contributed by atoms with Gasteiger partial charge in [0.15, 0.2) is 6.61 Å². The highest BCUT2D eigenvalue weighted by Crippen LogP contribution is 2.23. The molecule has 0 aliphatic carbocycles. The minimum Gasteiger partial charge on any atom is -0.495 e. The lowest BCUT2D eigenvalue weighted by molar-refractivity contribution is -0.118. The van der Waals surface area contributed by atoms with Crippen molar-refractivity contribution in [1.82, 2.24) is 0 Å². The summed E-state index contributed by atoms with van der Waals surface area (Å²) >= 11 is 0. The van der Waals surface area contributed by atoms with Gasteiger partial charge in [-0.05, 0) is 66.9 Å². The molecule has 0 fully saturated rings. The topological polar surface area (TPSA) is 100 Å². The third-order valence-electron chi connectivity index (χ3n) is 5.16. The van der Waals surface area contributed by atoms with E-state index in [1.165, 1.54) is 13.2 Å². The van der Waals surface area contributed by atoms with Crippen LogP contribution in [0.4, 0.5) is 11.4 Å². The minimum absolute atomic E-state index is 0.0224. The first-order valence-corrected chi connectivity index (χ1v) is 10.6. The van der Waals surface area contributed by atoms with Gasteiger partial charge in [-0.3, -0.25) is 9.59 Å². The number of amides is 2. The Labute approximate surface area is 198 Å². The smallest absolute Gasteiger partial charge is 0.266 e. The third kappa shape index (κ3) is 6.24. The first kappa shape index (κ1) is 24.1. The summed E-state index contributed by atoms with van der Waals surface area (Å²) in [5.74, 6) is 0.223. The Balaban J connectivity index is 1.60. The van der Waals surface area contributed by atoms with E-state index in [4.69, 9.17) is 9.47 Å². The fourth-order valence-corrected chi connectivity index (χ4v) is 3.13. The van der Waals surface area contributed by atoms with Crippen molar-refractivity contribution in [2.24, 2.45) is 0 Å². The van der Waals surface area contributed by atoms with Crippen LogP contribution in [0.1, 0.15) is 16.7 Å². The fourth-order valence-electron chi connectivity index (χ4n) is 3.13. The molecule has 0 saturated heterocycles. The van der Waals surface area contributed by atoms with E-state index < -0.39 is 5.91 Å². The van der Waals surface area contributed by atoms with Crippen molar-refractivity contribution in [3.8, 4) is 17.6 Å². The van der Waals surface area contributed by atoms with Crippen molar-refractivity contribution < 1.29 is 19.1 Å². The summed E-state index contributed by atoms with van der Waals surface area (Å²) in [5.41, 5.74) is 3.85. The maximum absolute atomic E-state index is 12.6. The number of nitrogens with one attached hydrogen (secondary N) is 2. The summed E-state index contributed by atoms with van der Waals surface area (Å²) in [6.07, 6.45) is 1.50. The van der Waals surface area contributed by atoms with E-state index in [2.05, 4.69) is 10.6 Å². The Morgan fingerprint density at radius 1 is 0.941 bits per heavy atom. The molecule has 0 bridgehead atoms. The molecule has 0 spiro atoms. The van der Waals surface area contributed by atoms with Gasteiger partial charge >= 0.3 is 0 Å². The quantitative estimate of drug-likeness (QED) is 0.373. The van der Waals surface area contributed by atoms with Gasteiger partial charge in [-0.1, -0.05) is 36.4 Å².